The van der Waals surface area contributed by atoms with Gasteiger partial charge in [0, 0.05) is 18.0 Å². The Morgan fingerprint density at radius 3 is 2.25 bits per heavy atom. The fourth-order valence-electron chi connectivity index (χ4n) is 2.56. The second-order valence-corrected chi connectivity index (χ2v) is 5.92. The molecule has 0 saturated heterocycles. The minimum atomic E-state index is -1.04. The maximum absolute atomic E-state index is 12.4. The second kappa shape index (κ2) is 6.92. The molecule has 1 amide bonds. The average Bonchev–Trinajstić information content (AvgIpc) is 2.55. The number of amides is 1. The number of hydrogen-bond donors (Lipinski definition) is 2. The quantitative estimate of drug-likeness (QED) is 0.879. The molecule has 6 nitrogen and oxygen atoms in total. The summed E-state index contributed by atoms with van der Waals surface area (Å²) in [6, 6.07) is 11.4. The summed E-state index contributed by atoms with van der Waals surface area (Å²) in [5.41, 5.74) is 0.340. The molecule has 24 heavy (non-hydrogen) atoms. The molecule has 0 radical (unpaired) electrons. The third kappa shape index (κ3) is 3.76. The molecule has 0 aliphatic rings. The summed E-state index contributed by atoms with van der Waals surface area (Å²) in [5, 5.41) is 21.2. The van der Waals surface area contributed by atoms with Crippen LogP contribution in [0.5, 0.6) is 0 Å². The lowest BCUT2D eigenvalue weighted by Gasteiger charge is -2.32. The van der Waals surface area contributed by atoms with Gasteiger partial charge >= 0.3 is 5.97 Å². The number of nitrogens with zero attached hydrogens (tertiary/aromatic N) is 2. The predicted octanol–water partition coefficient (Wildman–Crippen LogP) is 2.33. The van der Waals surface area contributed by atoms with Crippen molar-refractivity contribution < 1.29 is 14.7 Å². The topological polar surface area (TPSA) is 103 Å². The van der Waals surface area contributed by atoms with Gasteiger partial charge in [-0.05, 0) is 55.8 Å². The SMILES string of the molecule is CC(C)(NC(=O)c1ccc(C#N)cc1)C(C(=O)O)c1ccncc1. The van der Waals surface area contributed by atoms with Crippen molar-refractivity contribution in [3.05, 3.63) is 65.5 Å². The minimum Gasteiger partial charge on any atom is -0.481 e. The first-order valence-corrected chi connectivity index (χ1v) is 7.30. The van der Waals surface area contributed by atoms with Crippen molar-refractivity contribution in [3.63, 3.8) is 0 Å². The van der Waals surface area contributed by atoms with Gasteiger partial charge in [-0.2, -0.15) is 5.26 Å². The number of nitriles is 1. The fourth-order valence-corrected chi connectivity index (χ4v) is 2.56. The van der Waals surface area contributed by atoms with Crippen LogP contribution in [-0.2, 0) is 4.79 Å². The maximum Gasteiger partial charge on any atom is 0.313 e. The Morgan fingerprint density at radius 1 is 1.17 bits per heavy atom. The van der Waals surface area contributed by atoms with E-state index < -0.39 is 23.3 Å². The third-order valence-electron chi connectivity index (χ3n) is 3.72. The van der Waals surface area contributed by atoms with Crippen LogP contribution in [0.25, 0.3) is 0 Å². The summed E-state index contributed by atoms with van der Waals surface area (Å²) < 4.78 is 0. The van der Waals surface area contributed by atoms with Crippen molar-refractivity contribution in [2.24, 2.45) is 0 Å². The van der Waals surface area contributed by atoms with Crippen molar-refractivity contribution >= 4 is 11.9 Å². The summed E-state index contributed by atoms with van der Waals surface area (Å²) >= 11 is 0. The lowest BCUT2D eigenvalue weighted by atomic mass is 9.82. The molecule has 2 N–H and O–H groups in total. The van der Waals surface area contributed by atoms with Crippen molar-refractivity contribution in [2.45, 2.75) is 25.3 Å². The van der Waals surface area contributed by atoms with Crippen LogP contribution in [0.3, 0.4) is 0 Å². The van der Waals surface area contributed by atoms with Gasteiger partial charge in [0.15, 0.2) is 0 Å². The first kappa shape index (κ1) is 17.2. The van der Waals surface area contributed by atoms with E-state index in [-0.39, 0.29) is 0 Å². The number of aliphatic carboxylic acids is 1. The number of carboxylic acid groups (broad SMARTS) is 1. The Hall–Kier alpha value is -3.20. The first-order valence-electron chi connectivity index (χ1n) is 7.30. The lowest BCUT2D eigenvalue weighted by Crippen LogP contribution is -2.50. The van der Waals surface area contributed by atoms with Crippen molar-refractivity contribution in [1.29, 1.82) is 5.26 Å². The summed E-state index contributed by atoms with van der Waals surface area (Å²) in [6.45, 7) is 3.32. The Balaban J connectivity index is 2.25. The summed E-state index contributed by atoms with van der Waals surface area (Å²) in [4.78, 5) is 28.0. The van der Waals surface area contributed by atoms with Crippen molar-refractivity contribution in [2.75, 3.05) is 0 Å². The molecule has 0 saturated carbocycles. The van der Waals surface area contributed by atoms with Crippen molar-refractivity contribution in [1.82, 2.24) is 10.3 Å². The van der Waals surface area contributed by atoms with Crippen LogP contribution < -0.4 is 5.32 Å². The van der Waals surface area contributed by atoms with Crippen molar-refractivity contribution in [3.8, 4) is 6.07 Å². The zero-order valence-electron chi connectivity index (χ0n) is 13.4. The van der Waals surface area contributed by atoms with Gasteiger partial charge in [-0.1, -0.05) is 0 Å². The largest absolute Gasteiger partial charge is 0.481 e. The van der Waals surface area contributed by atoms with Crippen LogP contribution in [0.15, 0.2) is 48.8 Å². The van der Waals surface area contributed by atoms with E-state index in [1.54, 1.807) is 38.1 Å². The van der Waals surface area contributed by atoms with Crippen LogP contribution in [0.1, 0.15) is 41.3 Å². The first-order chi connectivity index (χ1) is 11.3. The normalized spacial score (nSPS) is 12.0. The van der Waals surface area contributed by atoms with Crippen LogP contribution in [0.4, 0.5) is 0 Å². The van der Waals surface area contributed by atoms with Gasteiger partial charge in [0.25, 0.3) is 5.91 Å². The van der Waals surface area contributed by atoms with Gasteiger partial charge in [0.05, 0.1) is 17.2 Å². The Bertz CT molecular complexity index is 777. The summed E-state index contributed by atoms with van der Waals surface area (Å²) in [7, 11) is 0. The lowest BCUT2D eigenvalue weighted by molar-refractivity contribution is -0.140. The smallest absolute Gasteiger partial charge is 0.313 e. The van der Waals surface area contributed by atoms with E-state index in [9.17, 15) is 14.7 Å². The molecule has 0 aliphatic heterocycles. The van der Waals surface area contributed by atoms with Gasteiger partial charge in [-0.15, -0.1) is 0 Å². The van der Waals surface area contributed by atoms with Crippen LogP contribution in [0, 0.1) is 11.3 Å². The average molecular weight is 323 g/mol. The van der Waals surface area contributed by atoms with Gasteiger partial charge in [0.1, 0.15) is 5.92 Å². The molecular weight excluding hydrogens is 306 g/mol. The number of pyridine rings is 1. The van der Waals surface area contributed by atoms with Gasteiger partial charge < -0.3 is 10.4 Å². The monoisotopic (exact) mass is 323 g/mol. The maximum atomic E-state index is 12.4. The van der Waals surface area contributed by atoms with E-state index >= 15 is 0 Å². The van der Waals surface area contributed by atoms with E-state index in [0.29, 0.717) is 16.7 Å². The number of rotatable bonds is 5. The highest BCUT2D eigenvalue weighted by molar-refractivity contribution is 5.95. The van der Waals surface area contributed by atoms with Crippen LogP contribution >= 0.6 is 0 Å². The molecule has 1 atom stereocenters. The van der Waals surface area contributed by atoms with Gasteiger partial charge in [-0.3, -0.25) is 14.6 Å². The number of benzene rings is 1. The zero-order valence-corrected chi connectivity index (χ0v) is 13.4. The number of carbonyl (C=O) groups is 2. The molecule has 1 aromatic carbocycles. The zero-order chi connectivity index (χ0) is 17.7. The molecule has 0 fully saturated rings. The van der Waals surface area contributed by atoms with Crippen LogP contribution in [0.2, 0.25) is 0 Å². The Labute approximate surface area is 139 Å². The highest BCUT2D eigenvalue weighted by Gasteiger charge is 2.38. The summed E-state index contributed by atoms with van der Waals surface area (Å²) in [6.07, 6.45) is 3.04. The number of aromatic nitrogens is 1. The third-order valence-corrected chi connectivity index (χ3v) is 3.72. The predicted molar refractivity (Wildman–Crippen MR) is 87.3 cm³/mol. The Morgan fingerprint density at radius 2 is 1.75 bits per heavy atom. The molecule has 2 aromatic rings. The number of carboxylic acids is 1. The van der Waals surface area contributed by atoms with E-state index in [0.717, 1.165) is 0 Å². The molecule has 1 unspecified atom stereocenters. The van der Waals surface area contributed by atoms with Gasteiger partial charge in [-0.25, -0.2) is 0 Å². The standard InChI is InChI=1S/C18H17N3O3/c1-18(2,15(17(23)24)13-7-9-20-10-8-13)21-16(22)14-5-3-12(11-19)4-6-14/h3-10,15H,1-2H3,(H,21,22)(H,23,24). The number of nitrogens with one attached hydrogen (secondary N) is 1. The molecule has 2 rings (SSSR count). The molecule has 0 bridgehead atoms. The molecular formula is C18H17N3O3. The molecule has 6 heteroatoms. The highest BCUT2D eigenvalue weighted by atomic mass is 16.4. The van der Waals surface area contributed by atoms with Crippen LogP contribution in [-0.4, -0.2) is 27.5 Å². The molecule has 0 aliphatic carbocycles. The second-order valence-electron chi connectivity index (χ2n) is 5.92. The van der Waals surface area contributed by atoms with Gasteiger partial charge in [0.2, 0.25) is 0 Å². The number of hydrogen-bond acceptors (Lipinski definition) is 4. The van der Waals surface area contributed by atoms with E-state index in [1.807, 2.05) is 6.07 Å². The minimum absolute atomic E-state index is 0.362. The molecule has 1 heterocycles. The van der Waals surface area contributed by atoms with E-state index in [1.165, 1.54) is 24.5 Å². The molecule has 0 spiro atoms. The number of carbonyl (C=O) groups excluding carboxylic acids is 1. The highest BCUT2D eigenvalue weighted by Crippen LogP contribution is 2.28. The summed E-state index contributed by atoms with van der Waals surface area (Å²) in [5.74, 6) is -2.36. The Kier molecular flexibility index (Phi) is 4.95. The van der Waals surface area contributed by atoms with E-state index in [2.05, 4.69) is 10.3 Å². The fraction of sp³-hybridized carbons (Fsp3) is 0.222. The molecule has 122 valence electrons. The molecule has 1 aromatic heterocycles. The van der Waals surface area contributed by atoms with E-state index in [4.69, 9.17) is 5.26 Å².